The molecular weight excluding hydrogens is 461 g/mol. The van der Waals surface area contributed by atoms with Gasteiger partial charge in [-0.1, -0.05) is 54.6 Å². The third kappa shape index (κ3) is 5.63. The van der Waals surface area contributed by atoms with Crippen molar-refractivity contribution in [1.29, 1.82) is 0 Å². The van der Waals surface area contributed by atoms with E-state index in [2.05, 4.69) is 12.1 Å². The van der Waals surface area contributed by atoms with Crippen molar-refractivity contribution in [1.82, 2.24) is 4.90 Å². The van der Waals surface area contributed by atoms with Crippen LogP contribution in [0.1, 0.15) is 11.1 Å². The fourth-order valence-electron chi connectivity index (χ4n) is 4.11. The van der Waals surface area contributed by atoms with E-state index >= 15 is 0 Å². The number of carbonyl (C=O) groups is 1. The Hall–Kier alpha value is -3.42. The van der Waals surface area contributed by atoms with Crippen LogP contribution in [-0.4, -0.2) is 48.8 Å². The number of amides is 1. The van der Waals surface area contributed by atoms with Crippen molar-refractivity contribution >= 4 is 40.3 Å². The second-order valence-corrected chi connectivity index (χ2v) is 9.35. The molecule has 2 saturated heterocycles. The van der Waals surface area contributed by atoms with Crippen molar-refractivity contribution in [2.45, 2.75) is 6.42 Å². The molecule has 2 aliphatic heterocycles. The van der Waals surface area contributed by atoms with Gasteiger partial charge < -0.3 is 9.64 Å². The largest absolute Gasteiger partial charge is 0.378 e. The molecular formula is C28H26FN3O2S. The second kappa shape index (κ2) is 10.9. The van der Waals surface area contributed by atoms with Gasteiger partial charge in [-0.15, -0.1) is 0 Å². The fourth-order valence-corrected chi connectivity index (χ4v) is 5.14. The lowest BCUT2D eigenvalue weighted by Gasteiger charge is -2.29. The molecule has 0 N–H and O–H groups in total. The topological polar surface area (TPSA) is 45.1 Å². The molecule has 2 aliphatic rings. The number of morpholine rings is 1. The summed E-state index contributed by atoms with van der Waals surface area (Å²) >= 11 is 1.33. The smallest absolute Gasteiger partial charge is 0.266 e. The third-order valence-corrected chi connectivity index (χ3v) is 6.96. The molecule has 7 heteroatoms. The number of ether oxygens (including phenoxy) is 1. The molecule has 3 aromatic carbocycles. The normalized spacial score (nSPS) is 18.6. The average Bonchev–Trinajstić information content (AvgIpc) is 3.18. The van der Waals surface area contributed by atoms with E-state index in [0.29, 0.717) is 54.2 Å². The van der Waals surface area contributed by atoms with Crippen molar-refractivity contribution in [3.8, 4) is 0 Å². The highest BCUT2D eigenvalue weighted by atomic mass is 32.2. The Balaban J connectivity index is 1.40. The van der Waals surface area contributed by atoms with Gasteiger partial charge in [-0.05, 0) is 59.7 Å². The van der Waals surface area contributed by atoms with Crippen LogP contribution < -0.4 is 4.90 Å². The van der Waals surface area contributed by atoms with Gasteiger partial charge in [0.05, 0.1) is 29.5 Å². The summed E-state index contributed by atoms with van der Waals surface area (Å²) < 4.78 is 20.3. The first kappa shape index (κ1) is 23.3. The molecule has 0 aliphatic carbocycles. The van der Waals surface area contributed by atoms with E-state index in [1.807, 2.05) is 59.5 Å². The van der Waals surface area contributed by atoms with Crippen molar-refractivity contribution in [2.24, 2.45) is 4.99 Å². The maximum atomic E-state index is 14.9. The number of carbonyl (C=O) groups excluding carboxylic acids is 1. The number of halogens is 1. The Labute approximate surface area is 208 Å². The predicted molar refractivity (Wildman–Crippen MR) is 140 cm³/mol. The number of hydrogen-bond donors (Lipinski definition) is 0. The van der Waals surface area contributed by atoms with Crippen LogP contribution in [0.5, 0.6) is 0 Å². The maximum absolute atomic E-state index is 14.9. The molecule has 3 aromatic rings. The van der Waals surface area contributed by atoms with Crippen LogP contribution in [0.4, 0.5) is 15.8 Å². The molecule has 0 bridgehead atoms. The van der Waals surface area contributed by atoms with Gasteiger partial charge >= 0.3 is 0 Å². The fraction of sp³-hybridized carbons (Fsp3) is 0.214. The van der Waals surface area contributed by atoms with Crippen molar-refractivity contribution < 1.29 is 13.9 Å². The summed E-state index contributed by atoms with van der Waals surface area (Å²) in [4.78, 5) is 22.3. The lowest BCUT2D eigenvalue weighted by Crippen LogP contribution is -2.36. The number of amidine groups is 1. The van der Waals surface area contributed by atoms with Crippen molar-refractivity contribution in [2.75, 3.05) is 37.7 Å². The summed E-state index contributed by atoms with van der Waals surface area (Å²) in [6, 6.07) is 24.8. The minimum Gasteiger partial charge on any atom is -0.378 e. The number of benzene rings is 3. The highest BCUT2D eigenvalue weighted by Crippen LogP contribution is 2.35. The lowest BCUT2D eigenvalue weighted by atomic mass is 10.1. The standard InChI is InChI=1S/C28H26FN3O2S/c29-24-19-22(11-12-25(24)31-15-17-34-18-16-31)20-26-27(33)32(14-13-21-7-3-1-4-8-21)28(35-26)30-23-9-5-2-6-10-23/h1-12,19-20H,13-18H2/b26-20-,30-28?. The molecule has 0 atom stereocenters. The molecule has 1 amide bonds. The predicted octanol–water partition coefficient (Wildman–Crippen LogP) is 5.51. The molecule has 0 saturated carbocycles. The summed E-state index contributed by atoms with van der Waals surface area (Å²) in [6.07, 6.45) is 2.47. The van der Waals surface area contributed by atoms with Crippen LogP contribution in [0.25, 0.3) is 6.08 Å². The average molecular weight is 488 g/mol. The molecule has 35 heavy (non-hydrogen) atoms. The molecule has 5 rings (SSSR count). The van der Waals surface area contributed by atoms with Crippen LogP contribution in [-0.2, 0) is 16.0 Å². The third-order valence-electron chi connectivity index (χ3n) is 5.96. The molecule has 178 valence electrons. The quantitative estimate of drug-likeness (QED) is 0.430. The summed E-state index contributed by atoms with van der Waals surface area (Å²) in [5, 5.41) is 0.633. The Morgan fingerprint density at radius 2 is 1.69 bits per heavy atom. The first-order valence-electron chi connectivity index (χ1n) is 11.7. The monoisotopic (exact) mass is 487 g/mol. The van der Waals surface area contributed by atoms with E-state index in [-0.39, 0.29) is 11.7 Å². The van der Waals surface area contributed by atoms with Gasteiger partial charge in [0.2, 0.25) is 0 Å². The van der Waals surface area contributed by atoms with Gasteiger partial charge in [-0.3, -0.25) is 9.69 Å². The maximum Gasteiger partial charge on any atom is 0.266 e. The van der Waals surface area contributed by atoms with Gasteiger partial charge in [0.25, 0.3) is 5.91 Å². The first-order chi connectivity index (χ1) is 17.2. The Morgan fingerprint density at radius 3 is 2.40 bits per heavy atom. The number of aliphatic imine (C=N–C) groups is 1. The van der Waals surface area contributed by atoms with Gasteiger partial charge in [0, 0.05) is 19.6 Å². The van der Waals surface area contributed by atoms with E-state index in [1.54, 1.807) is 17.0 Å². The Bertz CT molecular complexity index is 1240. The molecule has 0 aromatic heterocycles. The van der Waals surface area contributed by atoms with E-state index in [1.165, 1.54) is 17.8 Å². The van der Waals surface area contributed by atoms with E-state index in [4.69, 9.17) is 9.73 Å². The summed E-state index contributed by atoms with van der Waals surface area (Å²) in [6.45, 7) is 3.05. The Morgan fingerprint density at radius 1 is 0.971 bits per heavy atom. The minimum absolute atomic E-state index is 0.113. The number of thioether (sulfide) groups is 1. The number of anilines is 1. The van der Waals surface area contributed by atoms with Gasteiger partial charge in [-0.2, -0.15) is 0 Å². The van der Waals surface area contributed by atoms with Gasteiger partial charge in [0.1, 0.15) is 5.82 Å². The van der Waals surface area contributed by atoms with E-state index < -0.39 is 0 Å². The minimum atomic E-state index is -0.296. The summed E-state index contributed by atoms with van der Waals surface area (Å²) in [5.41, 5.74) is 3.16. The molecule has 0 radical (unpaired) electrons. The van der Waals surface area contributed by atoms with E-state index in [0.717, 1.165) is 17.7 Å². The molecule has 2 fully saturated rings. The highest BCUT2D eigenvalue weighted by molar-refractivity contribution is 8.18. The lowest BCUT2D eigenvalue weighted by molar-refractivity contribution is -0.122. The molecule has 5 nitrogen and oxygen atoms in total. The molecule has 0 unspecified atom stereocenters. The number of hydrogen-bond acceptors (Lipinski definition) is 5. The molecule has 0 spiro atoms. The van der Waals surface area contributed by atoms with Crippen LogP contribution in [0.2, 0.25) is 0 Å². The summed E-state index contributed by atoms with van der Waals surface area (Å²) in [7, 11) is 0. The molecule has 2 heterocycles. The van der Waals surface area contributed by atoms with Crippen LogP contribution >= 0.6 is 11.8 Å². The van der Waals surface area contributed by atoms with Crippen LogP contribution in [0.3, 0.4) is 0 Å². The zero-order chi connectivity index (χ0) is 24.0. The second-order valence-electron chi connectivity index (χ2n) is 8.34. The number of para-hydroxylation sites is 1. The SMILES string of the molecule is O=C1/C(=C/c2ccc(N3CCOCC3)c(F)c2)SC(=Nc2ccccc2)N1CCc1ccccc1. The summed E-state index contributed by atoms with van der Waals surface area (Å²) in [5.74, 6) is -0.408. The van der Waals surface area contributed by atoms with E-state index in [9.17, 15) is 9.18 Å². The Kier molecular flexibility index (Phi) is 7.25. The van der Waals surface area contributed by atoms with Crippen LogP contribution in [0.15, 0.2) is 88.8 Å². The number of nitrogens with zero attached hydrogens (tertiary/aromatic N) is 3. The first-order valence-corrected chi connectivity index (χ1v) is 12.5. The van der Waals surface area contributed by atoms with Gasteiger partial charge in [0.15, 0.2) is 5.17 Å². The zero-order valence-corrected chi connectivity index (χ0v) is 20.1. The van der Waals surface area contributed by atoms with Crippen molar-refractivity contribution in [3.05, 3.63) is 101 Å². The zero-order valence-electron chi connectivity index (χ0n) is 19.3. The van der Waals surface area contributed by atoms with Crippen molar-refractivity contribution in [3.63, 3.8) is 0 Å². The van der Waals surface area contributed by atoms with Crippen LogP contribution in [0, 0.1) is 5.82 Å². The number of rotatable bonds is 6. The highest BCUT2D eigenvalue weighted by Gasteiger charge is 2.33. The van der Waals surface area contributed by atoms with Gasteiger partial charge in [-0.25, -0.2) is 9.38 Å².